The molecule has 0 radical (unpaired) electrons. The lowest BCUT2D eigenvalue weighted by Crippen LogP contribution is -2.60. The topological polar surface area (TPSA) is 46.2 Å². The Morgan fingerprint density at radius 2 is 2.06 bits per heavy atom. The second kappa shape index (κ2) is 3.96. The summed E-state index contributed by atoms with van der Waals surface area (Å²) in [5, 5.41) is 11.3. The van der Waals surface area contributed by atoms with Gasteiger partial charge in [0.15, 0.2) is 0 Å². The minimum atomic E-state index is -0.458. The standard InChI is InChI=1S/C15H27NO/c1-11-4-2-3-7-15(11,17)14(10-16)9-12-5-6-13(14)8-12/h11-13,17H,2-10,16H2,1H3. The quantitative estimate of drug-likeness (QED) is 0.775. The Morgan fingerprint density at radius 3 is 2.59 bits per heavy atom. The van der Waals surface area contributed by atoms with Gasteiger partial charge < -0.3 is 10.8 Å². The van der Waals surface area contributed by atoms with Gasteiger partial charge in [0.1, 0.15) is 0 Å². The molecule has 5 atom stereocenters. The molecule has 3 fully saturated rings. The lowest BCUT2D eigenvalue weighted by atomic mass is 9.55. The number of rotatable bonds is 2. The van der Waals surface area contributed by atoms with E-state index >= 15 is 0 Å². The third kappa shape index (κ3) is 1.46. The third-order valence-corrected chi connectivity index (χ3v) is 6.46. The van der Waals surface area contributed by atoms with Crippen LogP contribution in [-0.2, 0) is 0 Å². The van der Waals surface area contributed by atoms with Gasteiger partial charge in [-0.15, -0.1) is 0 Å². The molecule has 3 rings (SSSR count). The largest absolute Gasteiger partial charge is 0.389 e. The Bertz CT molecular complexity index is 305. The van der Waals surface area contributed by atoms with Crippen LogP contribution in [0.1, 0.15) is 58.3 Å². The van der Waals surface area contributed by atoms with Gasteiger partial charge in [-0.1, -0.05) is 26.2 Å². The fourth-order valence-corrected chi connectivity index (χ4v) is 5.47. The first-order valence-corrected chi connectivity index (χ1v) is 7.55. The van der Waals surface area contributed by atoms with E-state index in [0.29, 0.717) is 18.4 Å². The molecular formula is C15H27NO. The van der Waals surface area contributed by atoms with Crippen molar-refractivity contribution < 1.29 is 5.11 Å². The molecule has 0 aromatic heterocycles. The average Bonchev–Trinajstić information content (AvgIpc) is 2.93. The normalized spacial score (nSPS) is 54.2. The van der Waals surface area contributed by atoms with Crippen molar-refractivity contribution in [3.05, 3.63) is 0 Å². The van der Waals surface area contributed by atoms with Crippen molar-refractivity contribution in [3.8, 4) is 0 Å². The van der Waals surface area contributed by atoms with Crippen molar-refractivity contribution in [1.82, 2.24) is 0 Å². The lowest BCUT2D eigenvalue weighted by Gasteiger charge is -2.54. The van der Waals surface area contributed by atoms with E-state index in [1.165, 1.54) is 44.9 Å². The fraction of sp³-hybridized carbons (Fsp3) is 1.00. The lowest BCUT2D eigenvalue weighted by molar-refractivity contribution is -0.161. The predicted octanol–water partition coefficient (Wildman–Crippen LogP) is 2.69. The van der Waals surface area contributed by atoms with Gasteiger partial charge in [0.25, 0.3) is 0 Å². The van der Waals surface area contributed by atoms with Crippen LogP contribution in [-0.4, -0.2) is 17.3 Å². The molecular weight excluding hydrogens is 210 g/mol. The molecule has 2 bridgehead atoms. The second-order valence-electron chi connectivity index (χ2n) is 7.01. The molecule has 2 nitrogen and oxygen atoms in total. The average molecular weight is 237 g/mol. The summed E-state index contributed by atoms with van der Waals surface area (Å²) in [5.74, 6) is 2.02. The van der Waals surface area contributed by atoms with Crippen LogP contribution >= 0.6 is 0 Å². The van der Waals surface area contributed by atoms with Crippen molar-refractivity contribution in [2.45, 2.75) is 63.9 Å². The van der Waals surface area contributed by atoms with Crippen molar-refractivity contribution in [2.24, 2.45) is 28.9 Å². The highest BCUT2D eigenvalue weighted by atomic mass is 16.3. The highest BCUT2D eigenvalue weighted by molar-refractivity contribution is 5.13. The summed E-state index contributed by atoms with van der Waals surface area (Å²) < 4.78 is 0. The molecule has 2 heteroatoms. The van der Waals surface area contributed by atoms with E-state index in [2.05, 4.69) is 6.92 Å². The Morgan fingerprint density at radius 1 is 1.24 bits per heavy atom. The maximum absolute atomic E-state index is 11.3. The van der Waals surface area contributed by atoms with E-state index in [9.17, 15) is 5.11 Å². The first-order valence-electron chi connectivity index (χ1n) is 7.55. The zero-order valence-corrected chi connectivity index (χ0v) is 11.1. The number of fused-ring (bicyclic) bond motifs is 2. The molecule has 0 aromatic carbocycles. The summed E-state index contributed by atoms with van der Waals surface area (Å²) >= 11 is 0. The molecule has 3 saturated carbocycles. The molecule has 5 unspecified atom stereocenters. The van der Waals surface area contributed by atoms with Crippen molar-refractivity contribution >= 4 is 0 Å². The summed E-state index contributed by atoms with van der Waals surface area (Å²) in [6.45, 7) is 2.96. The van der Waals surface area contributed by atoms with Crippen LogP contribution in [0.25, 0.3) is 0 Å². The Kier molecular flexibility index (Phi) is 2.79. The molecule has 0 saturated heterocycles. The highest BCUT2D eigenvalue weighted by Gasteiger charge is 2.62. The SMILES string of the molecule is CC1CCCCC1(O)C1(CN)CC2CCC1C2. The Labute approximate surface area is 105 Å². The molecule has 0 amide bonds. The second-order valence-corrected chi connectivity index (χ2v) is 7.01. The number of aliphatic hydroxyl groups is 1. The summed E-state index contributed by atoms with van der Waals surface area (Å²) in [6.07, 6.45) is 9.91. The maximum Gasteiger partial charge on any atom is 0.0743 e. The van der Waals surface area contributed by atoms with Gasteiger partial charge in [-0.05, 0) is 49.9 Å². The molecule has 98 valence electrons. The first-order chi connectivity index (χ1) is 8.12. The fourth-order valence-electron chi connectivity index (χ4n) is 5.47. The molecule has 17 heavy (non-hydrogen) atoms. The van der Waals surface area contributed by atoms with Crippen LogP contribution in [0, 0.1) is 23.2 Å². The molecule has 0 aliphatic heterocycles. The van der Waals surface area contributed by atoms with Gasteiger partial charge in [0.2, 0.25) is 0 Å². The van der Waals surface area contributed by atoms with Gasteiger partial charge in [-0.2, -0.15) is 0 Å². The van der Waals surface area contributed by atoms with Crippen molar-refractivity contribution in [1.29, 1.82) is 0 Å². The van der Waals surface area contributed by atoms with E-state index in [-0.39, 0.29) is 5.41 Å². The molecule has 0 aromatic rings. The highest BCUT2D eigenvalue weighted by Crippen LogP contribution is 2.63. The van der Waals surface area contributed by atoms with Gasteiger partial charge in [-0.25, -0.2) is 0 Å². The van der Waals surface area contributed by atoms with E-state index in [1.807, 2.05) is 0 Å². The predicted molar refractivity (Wildman–Crippen MR) is 69.5 cm³/mol. The zero-order valence-electron chi connectivity index (χ0n) is 11.1. The molecule has 3 N–H and O–H groups in total. The molecule has 0 spiro atoms. The number of hydrogen-bond donors (Lipinski definition) is 2. The van der Waals surface area contributed by atoms with E-state index < -0.39 is 5.60 Å². The van der Waals surface area contributed by atoms with Crippen LogP contribution in [0.15, 0.2) is 0 Å². The summed E-state index contributed by atoms with van der Waals surface area (Å²) in [7, 11) is 0. The van der Waals surface area contributed by atoms with Crippen molar-refractivity contribution in [2.75, 3.05) is 6.54 Å². The Hall–Kier alpha value is -0.0800. The smallest absolute Gasteiger partial charge is 0.0743 e. The van der Waals surface area contributed by atoms with Gasteiger partial charge in [-0.3, -0.25) is 0 Å². The van der Waals surface area contributed by atoms with E-state index in [4.69, 9.17) is 5.73 Å². The van der Waals surface area contributed by atoms with Gasteiger partial charge in [0.05, 0.1) is 5.60 Å². The minimum Gasteiger partial charge on any atom is -0.389 e. The first kappa shape index (κ1) is 12.0. The minimum absolute atomic E-state index is 0.0652. The van der Waals surface area contributed by atoms with Crippen molar-refractivity contribution in [3.63, 3.8) is 0 Å². The van der Waals surface area contributed by atoms with Gasteiger partial charge in [0, 0.05) is 12.0 Å². The van der Waals surface area contributed by atoms with Crippen LogP contribution in [0.3, 0.4) is 0 Å². The van der Waals surface area contributed by atoms with Gasteiger partial charge >= 0.3 is 0 Å². The van der Waals surface area contributed by atoms with E-state index in [1.54, 1.807) is 0 Å². The summed E-state index contributed by atoms with van der Waals surface area (Å²) in [6, 6.07) is 0. The summed E-state index contributed by atoms with van der Waals surface area (Å²) in [5.41, 5.74) is 5.78. The molecule has 3 aliphatic rings. The monoisotopic (exact) mass is 237 g/mol. The zero-order chi connectivity index (χ0) is 12.1. The van der Waals surface area contributed by atoms with Crippen LogP contribution in [0.5, 0.6) is 0 Å². The van der Waals surface area contributed by atoms with Crippen LogP contribution in [0.4, 0.5) is 0 Å². The molecule has 3 aliphatic carbocycles. The number of nitrogens with two attached hydrogens (primary N) is 1. The van der Waals surface area contributed by atoms with E-state index in [0.717, 1.165) is 12.3 Å². The summed E-state index contributed by atoms with van der Waals surface area (Å²) in [4.78, 5) is 0. The maximum atomic E-state index is 11.3. The van der Waals surface area contributed by atoms with Crippen LogP contribution < -0.4 is 5.73 Å². The Balaban J connectivity index is 1.94. The molecule has 0 heterocycles. The van der Waals surface area contributed by atoms with Crippen LogP contribution in [0.2, 0.25) is 0 Å². The third-order valence-electron chi connectivity index (χ3n) is 6.46. The number of hydrogen-bond acceptors (Lipinski definition) is 2.